The number of rotatable bonds is 8. The van der Waals surface area contributed by atoms with Crippen LogP contribution in [0.2, 0.25) is 20.1 Å². The van der Waals surface area contributed by atoms with Gasteiger partial charge in [0.05, 0.1) is 0 Å². The lowest BCUT2D eigenvalue weighted by molar-refractivity contribution is 0.126. The number of halogens is 4. The predicted octanol–water partition coefficient (Wildman–Crippen LogP) is 9.32. The Balaban J connectivity index is 1.30. The maximum atomic E-state index is 12.6. The minimum absolute atomic E-state index is 0.0690. The Kier molecular flexibility index (Phi) is 26.0. The summed E-state index contributed by atoms with van der Waals surface area (Å²) >= 11 is 25.7. The number of hydrogen-bond donors (Lipinski definition) is 1. The zero-order valence-electron chi connectivity index (χ0n) is 41.7. The lowest BCUT2D eigenvalue weighted by Crippen LogP contribution is -2.29. The Hall–Kier alpha value is -12.8. The van der Waals surface area contributed by atoms with Gasteiger partial charge in [-0.05, 0) is 194 Å². The Morgan fingerprint density at radius 2 is 0.622 bits per heavy atom. The molecule has 0 aromatic heterocycles. The Labute approximate surface area is 497 Å². The van der Waals surface area contributed by atoms with E-state index in [1.807, 2.05) is 24.3 Å². The summed E-state index contributed by atoms with van der Waals surface area (Å²) in [6.45, 7) is 0.0690. The fraction of sp³-hybridized carbons (Fsp3) is 0.0270. The molecule has 0 radical (unpaired) electrons. The quantitative estimate of drug-likeness (QED) is 0.125. The van der Waals surface area contributed by atoms with Crippen molar-refractivity contribution < 1.29 is 19.3 Å². The average molecular weight is 1110 g/mol. The molecule has 0 atom stereocenters. The molecule has 0 unspecified atom stereocenters. The van der Waals surface area contributed by atoms with Crippen LogP contribution in [-0.4, -0.2) is 5.11 Å². The van der Waals surface area contributed by atoms with Crippen molar-refractivity contribution in [3.63, 3.8) is 0 Å². The van der Waals surface area contributed by atoms with E-state index in [0.29, 0.717) is 59.6 Å². The van der Waals surface area contributed by atoms with Crippen LogP contribution >= 0.6 is 46.4 Å². The molecule has 8 heteroatoms. The number of ether oxygens (including phenoxy) is 3. The van der Waals surface area contributed by atoms with E-state index in [0.717, 1.165) is 10.8 Å². The van der Waals surface area contributed by atoms with Gasteiger partial charge in [0.1, 0.15) is 41.7 Å². The maximum Gasteiger partial charge on any atom is 0.144 e. The van der Waals surface area contributed by atoms with Crippen LogP contribution in [0, 0.1) is 262 Å². The van der Waals surface area contributed by atoms with E-state index in [9.17, 15) is 5.11 Å². The van der Waals surface area contributed by atoms with Crippen molar-refractivity contribution in [2.24, 2.45) is 0 Å². The molecule has 0 spiro atoms. The molecule has 0 heterocycles. The molecule has 5 aromatic rings. The largest absolute Gasteiger partial charge is 0.489 e. The summed E-state index contributed by atoms with van der Waals surface area (Å²) in [5.41, 5.74) is 0.216. The van der Waals surface area contributed by atoms with Crippen molar-refractivity contribution in [2.75, 3.05) is 0 Å². The molecule has 5 rings (SSSR count). The Bertz CT molecular complexity index is 4630. The minimum atomic E-state index is -1.75. The molecule has 1 N–H and O–H groups in total. The Morgan fingerprint density at radius 1 is 0.317 bits per heavy atom. The first-order chi connectivity index (χ1) is 40.2. The van der Waals surface area contributed by atoms with Gasteiger partial charge in [0.15, 0.2) is 0 Å². The molecule has 0 saturated heterocycles. The lowest BCUT2D eigenvalue weighted by atomic mass is 9.80. The molecule has 0 aliphatic rings. The highest BCUT2D eigenvalue weighted by molar-refractivity contribution is 6.35. The van der Waals surface area contributed by atoms with Crippen molar-refractivity contribution in [2.45, 2.75) is 12.2 Å². The normalized spacial score (nSPS) is 7.60. The van der Waals surface area contributed by atoms with Crippen LogP contribution in [-0.2, 0) is 12.2 Å². The molecule has 0 aliphatic carbocycles. The lowest BCUT2D eigenvalue weighted by Gasteiger charge is -2.31. The molecular formula is C74H20Cl4O4. The van der Waals surface area contributed by atoms with Gasteiger partial charge >= 0.3 is 0 Å². The molecule has 0 amide bonds. The van der Waals surface area contributed by atoms with E-state index in [1.165, 1.54) is 0 Å². The highest BCUT2D eigenvalue weighted by Crippen LogP contribution is 2.42. The number of aliphatic hydroxyl groups is 1. The monoisotopic (exact) mass is 1110 g/mol. The summed E-state index contributed by atoms with van der Waals surface area (Å²) in [5.74, 6) is 100. The van der Waals surface area contributed by atoms with Crippen molar-refractivity contribution in [3.05, 3.63) is 133 Å². The van der Waals surface area contributed by atoms with Crippen LogP contribution in [0.3, 0.4) is 0 Å². The van der Waals surface area contributed by atoms with E-state index < -0.39 is 5.60 Å². The van der Waals surface area contributed by atoms with E-state index in [1.54, 1.807) is 66.7 Å². The number of fused-ring (bicyclic) bond motifs is 1. The van der Waals surface area contributed by atoms with Crippen LogP contribution < -0.4 is 14.2 Å². The molecular weight excluding hydrogens is 1090 g/mol. The second kappa shape index (κ2) is 35.5. The van der Waals surface area contributed by atoms with E-state index in [2.05, 4.69) is 249 Å². The van der Waals surface area contributed by atoms with Crippen molar-refractivity contribution in [1.82, 2.24) is 0 Å². The van der Waals surface area contributed by atoms with Gasteiger partial charge in [0.2, 0.25) is 0 Å². The van der Waals surface area contributed by atoms with Crippen molar-refractivity contribution in [1.29, 1.82) is 0 Å². The highest BCUT2D eigenvalue weighted by atomic mass is 35.5. The van der Waals surface area contributed by atoms with E-state index in [-0.39, 0.29) is 6.61 Å². The second-order valence-corrected chi connectivity index (χ2v) is 16.0. The molecule has 0 bridgehead atoms. The topological polar surface area (TPSA) is 47.9 Å². The first-order valence-electron chi connectivity index (χ1n) is 22.4. The molecule has 0 aliphatic heterocycles. The van der Waals surface area contributed by atoms with E-state index >= 15 is 0 Å². The van der Waals surface area contributed by atoms with Gasteiger partial charge in [0, 0.05) is 168 Å². The third-order valence-electron chi connectivity index (χ3n) is 8.97. The number of hydrogen-bond acceptors (Lipinski definition) is 4. The zero-order chi connectivity index (χ0) is 58.1. The van der Waals surface area contributed by atoms with Crippen molar-refractivity contribution >= 4 is 57.2 Å². The smallest absolute Gasteiger partial charge is 0.144 e. The first-order valence-corrected chi connectivity index (χ1v) is 23.9. The number of benzene rings is 5. The average Bonchev–Trinajstić information content (AvgIpc) is 3.30. The van der Waals surface area contributed by atoms with Crippen LogP contribution in [0.1, 0.15) is 22.3 Å². The summed E-state index contributed by atoms with van der Waals surface area (Å²) in [5, 5.41) is 15.6. The zero-order valence-corrected chi connectivity index (χ0v) is 44.7. The fourth-order valence-electron chi connectivity index (χ4n) is 5.92. The molecule has 82 heavy (non-hydrogen) atoms. The molecule has 0 fully saturated rings. The summed E-state index contributed by atoms with van der Waals surface area (Å²) in [6, 6.07) is 25.7. The third kappa shape index (κ3) is 22.6. The molecule has 368 valence electrons. The van der Waals surface area contributed by atoms with Gasteiger partial charge in [-0.2, -0.15) is 0 Å². The molecule has 4 nitrogen and oxygen atoms in total. The summed E-state index contributed by atoms with van der Waals surface area (Å²) in [6.07, 6.45) is 15.0. The fourth-order valence-corrected chi connectivity index (χ4v) is 6.97. The first kappa shape index (κ1) is 60.1. The predicted molar refractivity (Wildman–Crippen MR) is 324 cm³/mol. The highest BCUT2D eigenvalue weighted by Gasteiger charge is 2.35. The van der Waals surface area contributed by atoms with Crippen LogP contribution in [0.5, 0.6) is 17.2 Å². The Morgan fingerprint density at radius 3 is 0.963 bits per heavy atom. The SMILES string of the molecule is C#CC#CC#CC#CC#CC#CC#CC#CC#CC#CC#COc1cc(COc2ccc3cc(C(O)(c4cc(Cl)cc(Cl)c4)c4cc(Cl)cc(Cl)c4)ccc3c2)cc(OC#CC#CC#CC#CC#CC#CC#CC#CC#CC#CC#C)c1. The summed E-state index contributed by atoms with van der Waals surface area (Å²) < 4.78 is 17.6. The third-order valence-corrected chi connectivity index (χ3v) is 9.84. The summed E-state index contributed by atoms with van der Waals surface area (Å²) in [7, 11) is 0. The van der Waals surface area contributed by atoms with Gasteiger partial charge in [-0.15, -0.1) is 12.8 Å². The van der Waals surface area contributed by atoms with Crippen LogP contribution in [0.15, 0.2) is 91.0 Å². The second-order valence-electron chi connectivity index (χ2n) is 14.3. The van der Waals surface area contributed by atoms with E-state index in [4.69, 9.17) is 73.5 Å². The van der Waals surface area contributed by atoms with Gasteiger partial charge in [0.25, 0.3) is 0 Å². The van der Waals surface area contributed by atoms with Gasteiger partial charge < -0.3 is 19.3 Å². The molecule has 0 saturated carbocycles. The van der Waals surface area contributed by atoms with Gasteiger partial charge in [-0.1, -0.05) is 64.6 Å². The molecule has 5 aromatic carbocycles. The van der Waals surface area contributed by atoms with Crippen LogP contribution in [0.4, 0.5) is 0 Å². The summed E-state index contributed by atoms with van der Waals surface area (Å²) in [4.78, 5) is 0. The van der Waals surface area contributed by atoms with Gasteiger partial charge in [-0.25, -0.2) is 0 Å². The standard InChI is InChI=1S/C74H20Cl4O4/c1-3-5-7-9-11-13-15-17-19-21-23-25-27-29-31-33-35-37-39-41-47-80-72-49-61(50-73(59-72)81-48-42-40-38-36-34-32-30-28-26-24-22-20-18-16-14-12-10-8-6-4-2)60-82-71-46-44-62-51-64(45-43-63(62)52-71)74(79,65-53-67(75)57-68(76)54-65)66-55-69(77)58-70(78)56-66/h1-2,43-46,49-59,79H,60H2. The van der Waals surface area contributed by atoms with Gasteiger partial charge in [-0.3, -0.25) is 0 Å². The van der Waals surface area contributed by atoms with Crippen LogP contribution in [0.25, 0.3) is 10.8 Å². The van der Waals surface area contributed by atoms with Crippen molar-refractivity contribution in [3.8, 4) is 279 Å². The maximum absolute atomic E-state index is 12.6. The minimum Gasteiger partial charge on any atom is -0.489 e. The number of terminal acetylenes is 2.